The van der Waals surface area contributed by atoms with Crippen LogP contribution in [0.25, 0.3) is 0 Å². The number of nitrogens with one attached hydrogen (secondary N) is 2. The van der Waals surface area contributed by atoms with Gasteiger partial charge in [0.1, 0.15) is 5.00 Å². The Bertz CT molecular complexity index is 1070. The Morgan fingerprint density at radius 3 is 2.53 bits per heavy atom. The number of thiophene rings is 1. The zero-order chi connectivity index (χ0) is 21.1. The molecule has 0 fully saturated rings. The third kappa shape index (κ3) is 4.46. The van der Waals surface area contributed by atoms with E-state index in [0.29, 0.717) is 22.9 Å². The topological polar surface area (TPSA) is 58.2 Å². The standard InChI is InChI=1S/C25H26N2O2S/c1-16-12-13-19-21(14-16)30-25(27-22(28)15-18-9-4-3-5-10-18)23(19)24(29)26-20-11-7-6-8-17(20)2/h3-11,16H,12-15H2,1-2H3,(H,26,29)(H,27,28)/t16-/m1/s1. The summed E-state index contributed by atoms with van der Waals surface area (Å²) in [6.45, 7) is 4.21. The maximum absolute atomic E-state index is 13.3. The van der Waals surface area contributed by atoms with E-state index in [1.54, 1.807) is 11.3 Å². The quantitative estimate of drug-likeness (QED) is 0.565. The van der Waals surface area contributed by atoms with Crippen LogP contribution in [-0.4, -0.2) is 11.8 Å². The molecule has 4 nitrogen and oxygen atoms in total. The maximum Gasteiger partial charge on any atom is 0.258 e. The average molecular weight is 419 g/mol. The lowest BCUT2D eigenvalue weighted by atomic mass is 9.88. The monoisotopic (exact) mass is 418 g/mol. The Hall–Kier alpha value is -2.92. The maximum atomic E-state index is 13.3. The summed E-state index contributed by atoms with van der Waals surface area (Å²) in [5, 5.41) is 6.75. The van der Waals surface area contributed by atoms with Crippen molar-refractivity contribution in [3.8, 4) is 0 Å². The van der Waals surface area contributed by atoms with Gasteiger partial charge in [0, 0.05) is 10.6 Å². The highest BCUT2D eigenvalue weighted by Crippen LogP contribution is 2.40. The number of rotatable bonds is 5. The smallest absolute Gasteiger partial charge is 0.258 e. The van der Waals surface area contributed by atoms with Gasteiger partial charge in [-0.05, 0) is 54.9 Å². The molecule has 0 unspecified atom stereocenters. The van der Waals surface area contributed by atoms with E-state index in [4.69, 9.17) is 0 Å². The number of amides is 2. The fraction of sp³-hybridized carbons (Fsp3) is 0.280. The molecule has 1 atom stereocenters. The lowest BCUT2D eigenvalue weighted by molar-refractivity contribution is -0.115. The largest absolute Gasteiger partial charge is 0.322 e. The van der Waals surface area contributed by atoms with Crippen molar-refractivity contribution in [3.63, 3.8) is 0 Å². The van der Waals surface area contributed by atoms with Gasteiger partial charge in [-0.15, -0.1) is 11.3 Å². The molecule has 0 aliphatic heterocycles. The van der Waals surface area contributed by atoms with Crippen LogP contribution in [-0.2, 0) is 24.1 Å². The van der Waals surface area contributed by atoms with Crippen molar-refractivity contribution in [3.05, 3.63) is 81.7 Å². The highest BCUT2D eigenvalue weighted by Gasteiger charge is 2.28. The molecule has 1 heterocycles. The molecule has 1 aliphatic carbocycles. The Morgan fingerprint density at radius 1 is 1.03 bits per heavy atom. The summed E-state index contributed by atoms with van der Waals surface area (Å²) in [6.07, 6.45) is 3.18. The van der Waals surface area contributed by atoms with E-state index >= 15 is 0 Å². The normalized spacial score (nSPS) is 15.3. The van der Waals surface area contributed by atoms with Crippen LogP contribution in [0.15, 0.2) is 54.6 Å². The number of fused-ring (bicyclic) bond motifs is 1. The Morgan fingerprint density at radius 2 is 1.77 bits per heavy atom. The molecular formula is C25H26N2O2S. The van der Waals surface area contributed by atoms with Gasteiger partial charge in [0.15, 0.2) is 0 Å². The summed E-state index contributed by atoms with van der Waals surface area (Å²) in [4.78, 5) is 27.2. The predicted octanol–water partition coefficient (Wildman–Crippen LogP) is 5.61. The molecule has 154 valence electrons. The predicted molar refractivity (Wildman–Crippen MR) is 123 cm³/mol. The number of aryl methyl sites for hydroxylation is 1. The molecule has 2 N–H and O–H groups in total. The van der Waals surface area contributed by atoms with Gasteiger partial charge in [0.05, 0.1) is 12.0 Å². The van der Waals surface area contributed by atoms with Gasteiger partial charge in [0.25, 0.3) is 5.91 Å². The molecule has 0 bridgehead atoms. The molecule has 0 saturated heterocycles. The molecule has 3 aromatic rings. The fourth-order valence-corrected chi connectivity index (χ4v) is 5.35. The number of hydrogen-bond donors (Lipinski definition) is 2. The minimum absolute atomic E-state index is 0.0993. The van der Waals surface area contributed by atoms with E-state index in [9.17, 15) is 9.59 Å². The third-order valence-corrected chi connectivity index (χ3v) is 6.76. The van der Waals surface area contributed by atoms with Gasteiger partial charge in [-0.1, -0.05) is 55.5 Å². The number of anilines is 2. The van der Waals surface area contributed by atoms with Gasteiger partial charge in [0.2, 0.25) is 5.91 Å². The summed E-state index contributed by atoms with van der Waals surface area (Å²) in [6, 6.07) is 17.4. The van der Waals surface area contributed by atoms with Crippen molar-refractivity contribution in [2.75, 3.05) is 10.6 Å². The molecule has 4 rings (SSSR count). The second-order valence-electron chi connectivity index (χ2n) is 8.04. The van der Waals surface area contributed by atoms with Gasteiger partial charge in [-0.3, -0.25) is 9.59 Å². The second-order valence-corrected chi connectivity index (χ2v) is 9.14. The summed E-state index contributed by atoms with van der Waals surface area (Å²) in [7, 11) is 0. The zero-order valence-corrected chi connectivity index (χ0v) is 18.1. The fourth-order valence-electron chi connectivity index (χ4n) is 3.93. The van der Waals surface area contributed by atoms with Crippen molar-refractivity contribution in [2.24, 2.45) is 5.92 Å². The average Bonchev–Trinajstić information content (AvgIpc) is 3.07. The van der Waals surface area contributed by atoms with Gasteiger partial charge >= 0.3 is 0 Å². The first-order valence-corrected chi connectivity index (χ1v) is 11.2. The van der Waals surface area contributed by atoms with E-state index in [0.717, 1.165) is 41.6 Å². The van der Waals surface area contributed by atoms with E-state index < -0.39 is 0 Å². The number of hydrogen-bond acceptors (Lipinski definition) is 3. The Labute approximate surface area is 181 Å². The van der Waals surface area contributed by atoms with Crippen LogP contribution < -0.4 is 10.6 Å². The van der Waals surface area contributed by atoms with Gasteiger partial charge in [-0.25, -0.2) is 0 Å². The van der Waals surface area contributed by atoms with Crippen LogP contribution in [0.2, 0.25) is 0 Å². The number of para-hydroxylation sites is 1. The van der Waals surface area contributed by atoms with Crippen LogP contribution in [0.3, 0.4) is 0 Å². The van der Waals surface area contributed by atoms with Crippen LogP contribution in [0, 0.1) is 12.8 Å². The minimum atomic E-state index is -0.147. The van der Waals surface area contributed by atoms with Crippen LogP contribution in [0.5, 0.6) is 0 Å². The van der Waals surface area contributed by atoms with Crippen LogP contribution in [0.4, 0.5) is 10.7 Å². The van der Waals surface area contributed by atoms with Gasteiger partial charge in [-0.2, -0.15) is 0 Å². The molecule has 5 heteroatoms. The van der Waals surface area contributed by atoms with Crippen LogP contribution >= 0.6 is 11.3 Å². The number of carbonyl (C=O) groups excluding carboxylic acids is 2. The van der Waals surface area contributed by atoms with Crippen molar-refractivity contribution < 1.29 is 9.59 Å². The van der Waals surface area contributed by atoms with Crippen molar-refractivity contribution in [1.82, 2.24) is 0 Å². The van der Waals surface area contributed by atoms with Gasteiger partial charge < -0.3 is 10.6 Å². The molecule has 0 saturated carbocycles. The van der Waals surface area contributed by atoms with Crippen molar-refractivity contribution in [2.45, 2.75) is 39.5 Å². The summed E-state index contributed by atoms with van der Waals surface area (Å²) in [5.41, 5.74) is 4.49. The summed E-state index contributed by atoms with van der Waals surface area (Å²) < 4.78 is 0. The molecule has 1 aliphatic rings. The van der Waals surface area contributed by atoms with Crippen LogP contribution in [0.1, 0.15) is 45.3 Å². The SMILES string of the molecule is Cc1ccccc1NC(=O)c1c(NC(=O)Cc2ccccc2)sc2c1CC[C@@H](C)C2. The third-order valence-electron chi connectivity index (χ3n) is 5.59. The molecule has 0 radical (unpaired) electrons. The first-order chi connectivity index (χ1) is 14.5. The lowest BCUT2D eigenvalue weighted by Gasteiger charge is -2.19. The molecular weight excluding hydrogens is 392 g/mol. The molecule has 1 aromatic heterocycles. The highest BCUT2D eigenvalue weighted by atomic mass is 32.1. The highest BCUT2D eigenvalue weighted by molar-refractivity contribution is 7.17. The molecule has 2 amide bonds. The number of carbonyl (C=O) groups is 2. The van der Waals surface area contributed by atoms with E-state index in [-0.39, 0.29) is 11.8 Å². The van der Waals surface area contributed by atoms with E-state index in [1.165, 1.54) is 4.88 Å². The summed E-state index contributed by atoms with van der Waals surface area (Å²) in [5.74, 6) is 0.348. The Kier molecular flexibility index (Phi) is 6.00. The lowest BCUT2D eigenvalue weighted by Crippen LogP contribution is -2.20. The first kappa shape index (κ1) is 20.4. The molecule has 30 heavy (non-hydrogen) atoms. The van der Waals surface area contributed by atoms with Crippen molar-refractivity contribution >= 4 is 33.8 Å². The number of benzene rings is 2. The second kappa shape index (κ2) is 8.84. The van der Waals surface area contributed by atoms with E-state index in [1.807, 2.05) is 61.5 Å². The van der Waals surface area contributed by atoms with Crippen molar-refractivity contribution in [1.29, 1.82) is 0 Å². The molecule has 0 spiro atoms. The zero-order valence-electron chi connectivity index (χ0n) is 17.3. The first-order valence-electron chi connectivity index (χ1n) is 10.4. The Balaban J connectivity index is 1.62. The minimum Gasteiger partial charge on any atom is -0.322 e. The van der Waals surface area contributed by atoms with E-state index in [2.05, 4.69) is 17.6 Å². The summed E-state index contributed by atoms with van der Waals surface area (Å²) >= 11 is 1.55. The molecule has 2 aromatic carbocycles.